The summed E-state index contributed by atoms with van der Waals surface area (Å²) in [6.45, 7) is 1.99. The number of Topliss-reactive ketones (excluding diaryl/α,β-unsaturated/α-hetero) is 1. The summed E-state index contributed by atoms with van der Waals surface area (Å²) in [6.07, 6.45) is 3.97. The van der Waals surface area contributed by atoms with E-state index in [2.05, 4.69) is 4.90 Å². The van der Waals surface area contributed by atoms with Gasteiger partial charge in [-0.2, -0.15) is 0 Å². The van der Waals surface area contributed by atoms with Crippen molar-refractivity contribution in [1.82, 2.24) is 4.90 Å². The van der Waals surface area contributed by atoms with E-state index in [1.54, 1.807) is 14.2 Å². The number of hydrogen-bond acceptors (Lipinski definition) is 4. The molecule has 0 N–H and O–H groups in total. The van der Waals surface area contributed by atoms with Crippen molar-refractivity contribution < 1.29 is 14.3 Å². The molecule has 0 saturated carbocycles. The van der Waals surface area contributed by atoms with Crippen LogP contribution in [-0.2, 0) is 4.79 Å². The second-order valence-corrected chi connectivity index (χ2v) is 5.27. The van der Waals surface area contributed by atoms with E-state index < -0.39 is 0 Å². The van der Waals surface area contributed by atoms with Crippen LogP contribution in [0.1, 0.15) is 18.4 Å². The lowest BCUT2D eigenvalue weighted by molar-refractivity contribution is -0.125. The van der Waals surface area contributed by atoms with Gasteiger partial charge in [0.25, 0.3) is 0 Å². The van der Waals surface area contributed by atoms with Crippen LogP contribution in [-0.4, -0.2) is 38.0 Å². The Kier molecular flexibility index (Phi) is 3.38. The summed E-state index contributed by atoms with van der Waals surface area (Å²) in [4.78, 5) is 14.5. The first-order valence-corrected chi connectivity index (χ1v) is 6.96. The lowest BCUT2D eigenvalue weighted by Gasteiger charge is -2.41. The first-order chi connectivity index (χ1) is 9.72. The van der Waals surface area contributed by atoms with Crippen molar-refractivity contribution in [2.75, 3.05) is 27.3 Å². The zero-order valence-corrected chi connectivity index (χ0v) is 11.9. The van der Waals surface area contributed by atoms with E-state index in [4.69, 9.17) is 9.47 Å². The Labute approximate surface area is 119 Å². The summed E-state index contributed by atoms with van der Waals surface area (Å²) in [5.41, 5.74) is 1.82. The van der Waals surface area contributed by atoms with Gasteiger partial charge in [0, 0.05) is 19.0 Å². The van der Waals surface area contributed by atoms with Gasteiger partial charge in [0.05, 0.1) is 19.9 Å². The lowest BCUT2D eigenvalue weighted by Crippen LogP contribution is -2.45. The lowest BCUT2D eigenvalue weighted by atomic mass is 9.84. The third kappa shape index (κ3) is 2.15. The van der Waals surface area contributed by atoms with Crippen LogP contribution in [0.4, 0.5) is 0 Å². The molecular weight excluding hydrogens is 254 g/mol. The van der Waals surface area contributed by atoms with Crippen molar-refractivity contribution >= 4 is 11.9 Å². The number of methoxy groups -OCH3 is 2. The van der Waals surface area contributed by atoms with Crippen molar-refractivity contribution in [3.63, 3.8) is 0 Å². The highest BCUT2D eigenvalue weighted by molar-refractivity contribution is 6.01. The molecule has 1 aromatic rings. The van der Waals surface area contributed by atoms with E-state index >= 15 is 0 Å². The molecule has 4 nitrogen and oxygen atoms in total. The number of hydrogen-bond donors (Lipinski definition) is 0. The normalized spacial score (nSPS) is 20.6. The first-order valence-electron chi connectivity index (χ1n) is 6.96. The molecule has 3 saturated heterocycles. The second-order valence-electron chi connectivity index (χ2n) is 5.27. The molecule has 20 heavy (non-hydrogen) atoms. The summed E-state index contributed by atoms with van der Waals surface area (Å²) in [6, 6.07) is 5.72. The van der Waals surface area contributed by atoms with E-state index in [1.165, 1.54) is 0 Å². The van der Waals surface area contributed by atoms with Crippen LogP contribution in [0.15, 0.2) is 23.9 Å². The average Bonchev–Trinajstić information content (AvgIpc) is 2.51. The molecule has 0 aliphatic carbocycles. The maximum absolute atomic E-state index is 12.3. The Morgan fingerprint density at radius 1 is 1.15 bits per heavy atom. The van der Waals surface area contributed by atoms with Gasteiger partial charge in [-0.05, 0) is 36.6 Å². The fourth-order valence-electron chi connectivity index (χ4n) is 3.01. The number of carbonyl (C=O) groups excluding carboxylic acids is 1. The molecule has 106 valence electrons. The molecule has 0 radical (unpaired) electrons. The Balaban J connectivity index is 1.93. The van der Waals surface area contributed by atoms with Gasteiger partial charge in [-0.1, -0.05) is 6.07 Å². The number of rotatable bonds is 3. The summed E-state index contributed by atoms with van der Waals surface area (Å²) < 4.78 is 10.5. The summed E-state index contributed by atoms with van der Waals surface area (Å²) >= 11 is 0. The van der Waals surface area contributed by atoms with E-state index in [1.807, 2.05) is 24.3 Å². The Morgan fingerprint density at radius 2 is 1.85 bits per heavy atom. The maximum Gasteiger partial charge on any atom is 0.182 e. The highest BCUT2D eigenvalue weighted by Crippen LogP contribution is 2.34. The van der Waals surface area contributed by atoms with Crippen LogP contribution in [0.5, 0.6) is 11.5 Å². The van der Waals surface area contributed by atoms with Crippen LogP contribution < -0.4 is 9.47 Å². The van der Waals surface area contributed by atoms with Crippen LogP contribution in [0, 0.1) is 5.92 Å². The van der Waals surface area contributed by atoms with Crippen molar-refractivity contribution in [3.05, 3.63) is 29.5 Å². The van der Waals surface area contributed by atoms with Crippen molar-refractivity contribution in [3.8, 4) is 11.5 Å². The van der Waals surface area contributed by atoms with Gasteiger partial charge in [-0.15, -0.1) is 0 Å². The molecule has 3 heterocycles. The van der Waals surface area contributed by atoms with Gasteiger partial charge in [0.1, 0.15) is 0 Å². The average molecular weight is 273 g/mol. The number of fused-ring (bicyclic) bond motifs is 3. The summed E-state index contributed by atoms with van der Waals surface area (Å²) in [7, 11) is 3.23. The second kappa shape index (κ2) is 5.19. The smallest absolute Gasteiger partial charge is 0.182 e. The predicted octanol–water partition coefficient (Wildman–Crippen LogP) is 2.34. The predicted molar refractivity (Wildman–Crippen MR) is 76.8 cm³/mol. The SMILES string of the molecule is COc1ccc(/C=C2\C(=O)C3CCN2CC3)cc1OC. The molecule has 0 aromatic heterocycles. The standard InChI is InChI=1S/C16H19NO3/c1-19-14-4-3-11(10-15(14)20-2)9-13-16(18)12-5-7-17(13)8-6-12/h3-4,9-10,12H,5-8H2,1-2H3/b13-9+. The topological polar surface area (TPSA) is 38.8 Å². The molecule has 3 fully saturated rings. The van der Waals surface area contributed by atoms with Crippen molar-refractivity contribution in [2.45, 2.75) is 12.8 Å². The number of ether oxygens (including phenoxy) is 2. The van der Waals surface area contributed by atoms with Crippen LogP contribution >= 0.6 is 0 Å². The molecule has 0 spiro atoms. The molecular formula is C16H19NO3. The monoisotopic (exact) mass is 273 g/mol. The Bertz CT molecular complexity index is 557. The van der Waals surface area contributed by atoms with E-state index in [0.717, 1.165) is 37.2 Å². The molecule has 0 unspecified atom stereocenters. The molecule has 1 aromatic carbocycles. The highest BCUT2D eigenvalue weighted by Gasteiger charge is 2.36. The third-order valence-corrected chi connectivity index (χ3v) is 4.17. The van der Waals surface area contributed by atoms with Gasteiger partial charge in [-0.25, -0.2) is 0 Å². The maximum atomic E-state index is 12.3. The molecule has 3 aliphatic heterocycles. The third-order valence-electron chi connectivity index (χ3n) is 4.17. The van der Waals surface area contributed by atoms with Gasteiger partial charge in [0.15, 0.2) is 17.3 Å². The fourth-order valence-corrected chi connectivity index (χ4v) is 3.01. The number of allylic oxidation sites excluding steroid dienone is 1. The Hall–Kier alpha value is -1.97. The number of piperidine rings is 3. The van der Waals surface area contributed by atoms with Gasteiger partial charge in [-0.3, -0.25) is 4.79 Å². The quantitative estimate of drug-likeness (QED) is 0.792. The molecule has 4 rings (SSSR count). The van der Waals surface area contributed by atoms with Crippen LogP contribution in [0.2, 0.25) is 0 Å². The van der Waals surface area contributed by atoms with E-state index in [9.17, 15) is 4.79 Å². The number of benzene rings is 1. The molecule has 2 bridgehead atoms. The van der Waals surface area contributed by atoms with Crippen molar-refractivity contribution in [1.29, 1.82) is 0 Å². The van der Waals surface area contributed by atoms with Gasteiger partial charge < -0.3 is 14.4 Å². The minimum atomic E-state index is 0.228. The van der Waals surface area contributed by atoms with E-state index in [0.29, 0.717) is 11.5 Å². The van der Waals surface area contributed by atoms with Gasteiger partial charge >= 0.3 is 0 Å². The van der Waals surface area contributed by atoms with Crippen LogP contribution in [0.25, 0.3) is 6.08 Å². The van der Waals surface area contributed by atoms with Gasteiger partial charge in [0.2, 0.25) is 0 Å². The highest BCUT2D eigenvalue weighted by atomic mass is 16.5. The first kappa shape index (κ1) is 13.0. The summed E-state index contributed by atoms with van der Waals surface area (Å²) in [5, 5.41) is 0. The fraction of sp³-hybridized carbons (Fsp3) is 0.438. The van der Waals surface area contributed by atoms with Crippen molar-refractivity contribution in [2.24, 2.45) is 5.92 Å². The molecule has 4 heteroatoms. The summed E-state index contributed by atoms with van der Waals surface area (Å²) in [5.74, 6) is 1.90. The minimum Gasteiger partial charge on any atom is -0.493 e. The molecule has 3 aliphatic rings. The minimum absolute atomic E-state index is 0.228. The van der Waals surface area contributed by atoms with E-state index in [-0.39, 0.29) is 11.7 Å². The zero-order valence-electron chi connectivity index (χ0n) is 11.9. The number of nitrogens with zero attached hydrogens (tertiary/aromatic N) is 1. The number of ketones is 1. The van der Waals surface area contributed by atoms with Crippen LogP contribution in [0.3, 0.4) is 0 Å². The molecule has 0 amide bonds. The number of carbonyl (C=O) groups is 1. The molecule has 0 atom stereocenters. The largest absolute Gasteiger partial charge is 0.493 e. The zero-order chi connectivity index (χ0) is 14.1. The Morgan fingerprint density at radius 3 is 2.45 bits per heavy atom.